The molecule has 2 rings (SSSR count). The molecule has 78 valence electrons. The summed E-state index contributed by atoms with van der Waals surface area (Å²) in [4.78, 5) is 15.3. The summed E-state index contributed by atoms with van der Waals surface area (Å²) in [5.74, 6) is -1.30. The Hall–Kier alpha value is -1.42. The highest BCUT2D eigenvalue weighted by Crippen LogP contribution is 2.29. The van der Waals surface area contributed by atoms with Crippen molar-refractivity contribution in [3.05, 3.63) is 29.4 Å². The van der Waals surface area contributed by atoms with E-state index >= 15 is 0 Å². The van der Waals surface area contributed by atoms with Gasteiger partial charge in [-0.1, -0.05) is 6.92 Å². The van der Waals surface area contributed by atoms with Crippen LogP contribution >= 0.6 is 11.3 Å². The molecule has 0 saturated heterocycles. The number of pyridine rings is 1. The molecular formula is C11H11NO2S. The average molecular weight is 221 g/mol. The molecular weight excluding hydrogens is 210 g/mol. The summed E-state index contributed by atoms with van der Waals surface area (Å²) in [6, 6.07) is 3.85. The van der Waals surface area contributed by atoms with Crippen LogP contribution in [-0.4, -0.2) is 16.1 Å². The zero-order valence-electron chi connectivity index (χ0n) is 8.30. The van der Waals surface area contributed by atoms with Gasteiger partial charge in [-0.3, -0.25) is 9.78 Å². The molecule has 1 N–H and O–H groups in total. The Morgan fingerprint density at radius 3 is 3.07 bits per heavy atom. The molecule has 0 spiro atoms. The molecule has 0 aliphatic heterocycles. The topological polar surface area (TPSA) is 50.2 Å². The number of aromatic nitrogens is 1. The van der Waals surface area contributed by atoms with Gasteiger partial charge in [-0.25, -0.2) is 0 Å². The van der Waals surface area contributed by atoms with E-state index < -0.39 is 11.9 Å². The summed E-state index contributed by atoms with van der Waals surface area (Å²) in [6.07, 6.45) is 2.25. The van der Waals surface area contributed by atoms with Crippen LogP contribution in [0.3, 0.4) is 0 Å². The van der Waals surface area contributed by atoms with Gasteiger partial charge in [0.1, 0.15) is 0 Å². The van der Waals surface area contributed by atoms with Crippen molar-refractivity contribution in [1.29, 1.82) is 0 Å². The molecule has 15 heavy (non-hydrogen) atoms. The second-order valence-electron chi connectivity index (χ2n) is 3.33. The second-order valence-corrected chi connectivity index (χ2v) is 4.28. The van der Waals surface area contributed by atoms with Crippen LogP contribution in [0.1, 0.15) is 25.0 Å². The summed E-state index contributed by atoms with van der Waals surface area (Å²) < 4.78 is 1.10. The molecule has 4 heteroatoms. The molecule has 3 nitrogen and oxygen atoms in total. The SMILES string of the molecule is CCC(C(=O)O)c1nccc2sccc12. The van der Waals surface area contributed by atoms with Crippen LogP contribution < -0.4 is 0 Å². The molecule has 0 fully saturated rings. The Morgan fingerprint density at radius 2 is 2.40 bits per heavy atom. The smallest absolute Gasteiger partial charge is 0.312 e. The molecule has 0 saturated carbocycles. The molecule has 0 aliphatic rings. The van der Waals surface area contributed by atoms with Crippen molar-refractivity contribution in [1.82, 2.24) is 4.98 Å². The van der Waals surface area contributed by atoms with E-state index in [1.807, 2.05) is 24.4 Å². The van der Waals surface area contributed by atoms with Crippen LogP contribution in [-0.2, 0) is 4.79 Å². The lowest BCUT2D eigenvalue weighted by Gasteiger charge is -2.09. The molecule has 1 unspecified atom stereocenters. The molecule has 2 heterocycles. The molecule has 0 aliphatic carbocycles. The van der Waals surface area contributed by atoms with E-state index in [9.17, 15) is 4.79 Å². The quantitative estimate of drug-likeness (QED) is 0.867. The van der Waals surface area contributed by atoms with Crippen LogP contribution in [0.2, 0.25) is 0 Å². The number of carbonyl (C=O) groups is 1. The van der Waals surface area contributed by atoms with Crippen molar-refractivity contribution in [2.45, 2.75) is 19.3 Å². The molecule has 0 radical (unpaired) electrons. The first-order valence-corrected chi connectivity index (χ1v) is 5.67. The zero-order valence-corrected chi connectivity index (χ0v) is 9.12. The lowest BCUT2D eigenvalue weighted by Crippen LogP contribution is -2.12. The second kappa shape index (κ2) is 3.98. The Kier molecular flexibility index (Phi) is 2.68. The highest BCUT2D eigenvalue weighted by atomic mass is 32.1. The van der Waals surface area contributed by atoms with Crippen molar-refractivity contribution in [3.63, 3.8) is 0 Å². The van der Waals surface area contributed by atoms with Crippen molar-refractivity contribution >= 4 is 27.4 Å². The number of carboxylic acid groups (broad SMARTS) is 1. The molecule has 2 aromatic heterocycles. The monoisotopic (exact) mass is 221 g/mol. The lowest BCUT2D eigenvalue weighted by molar-refractivity contribution is -0.138. The summed E-state index contributed by atoms with van der Waals surface area (Å²) in [6.45, 7) is 1.87. The average Bonchev–Trinajstić information content (AvgIpc) is 2.66. The van der Waals surface area contributed by atoms with Gasteiger partial charge in [0.25, 0.3) is 0 Å². The van der Waals surface area contributed by atoms with Gasteiger partial charge in [-0.05, 0) is 23.9 Å². The Labute approximate surface area is 91.4 Å². The highest BCUT2D eigenvalue weighted by molar-refractivity contribution is 7.17. The summed E-state index contributed by atoms with van der Waals surface area (Å²) in [5.41, 5.74) is 0.684. The normalized spacial score (nSPS) is 12.9. The maximum absolute atomic E-state index is 11.1. The Morgan fingerprint density at radius 1 is 1.60 bits per heavy atom. The van der Waals surface area contributed by atoms with Gasteiger partial charge in [0.05, 0.1) is 11.6 Å². The first-order valence-electron chi connectivity index (χ1n) is 4.79. The van der Waals surface area contributed by atoms with Crippen LogP contribution in [0, 0.1) is 0 Å². The minimum Gasteiger partial charge on any atom is -0.481 e. The fourth-order valence-electron chi connectivity index (χ4n) is 1.68. The van der Waals surface area contributed by atoms with E-state index in [0.717, 1.165) is 10.1 Å². The zero-order chi connectivity index (χ0) is 10.8. The van der Waals surface area contributed by atoms with Crippen LogP contribution in [0.4, 0.5) is 0 Å². The maximum atomic E-state index is 11.1. The van der Waals surface area contributed by atoms with E-state index in [4.69, 9.17) is 5.11 Å². The summed E-state index contributed by atoms with van der Waals surface area (Å²) in [7, 11) is 0. The van der Waals surface area contributed by atoms with Crippen molar-refractivity contribution in [2.24, 2.45) is 0 Å². The fraction of sp³-hybridized carbons (Fsp3) is 0.273. The first-order chi connectivity index (χ1) is 7.24. The third-order valence-corrected chi connectivity index (χ3v) is 3.33. The largest absolute Gasteiger partial charge is 0.481 e. The summed E-state index contributed by atoms with van der Waals surface area (Å²) >= 11 is 1.61. The number of thiophene rings is 1. The number of aliphatic carboxylic acids is 1. The summed E-state index contributed by atoms with van der Waals surface area (Å²) in [5, 5.41) is 12.0. The third kappa shape index (κ3) is 1.72. The maximum Gasteiger partial charge on any atom is 0.312 e. The number of nitrogens with zero attached hydrogens (tertiary/aromatic N) is 1. The minimum absolute atomic E-state index is 0.497. The van der Waals surface area contributed by atoms with Crippen LogP contribution in [0.5, 0.6) is 0 Å². The van der Waals surface area contributed by atoms with Crippen molar-refractivity contribution in [2.75, 3.05) is 0 Å². The van der Waals surface area contributed by atoms with E-state index in [2.05, 4.69) is 4.98 Å². The van der Waals surface area contributed by atoms with E-state index in [1.165, 1.54) is 0 Å². The number of carboxylic acids is 1. The van der Waals surface area contributed by atoms with Gasteiger partial charge in [0.15, 0.2) is 0 Å². The van der Waals surface area contributed by atoms with Crippen LogP contribution in [0.15, 0.2) is 23.7 Å². The van der Waals surface area contributed by atoms with Gasteiger partial charge in [-0.2, -0.15) is 0 Å². The molecule has 2 aromatic rings. The van der Waals surface area contributed by atoms with Gasteiger partial charge < -0.3 is 5.11 Å². The van der Waals surface area contributed by atoms with Crippen molar-refractivity contribution < 1.29 is 9.90 Å². The van der Waals surface area contributed by atoms with E-state index in [1.54, 1.807) is 17.5 Å². The predicted octanol–water partition coefficient (Wildman–Crippen LogP) is 2.87. The van der Waals surface area contributed by atoms with Gasteiger partial charge in [0.2, 0.25) is 0 Å². The number of rotatable bonds is 3. The Bertz CT molecular complexity index is 492. The lowest BCUT2D eigenvalue weighted by atomic mass is 9.99. The van der Waals surface area contributed by atoms with Crippen LogP contribution in [0.25, 0.3) is 10.1 Å². The first kappa shape index (κ1) is 10.1. The standard InChI is InChI=1S/C11H11NO2S/c1-2-7(11(13)14)10-8-4-6-15-9(8)3-5-12-10/h3-7H,2H2,1H3,(H,13,14). The molecule has 0 aromatic carbocycles. The van der Waals surface area contributed by atoms with Crippen molar-refractivity contribution in [3.8, 4) is 0 Å². The fourth-order valence-corrected chi connectivity index (χ4v) is 2.47. The highest BCUT2D eigenvalue weighted by Gasteiger charge is 2.21. The third-order valence-electron chi connectivity index (χ3n) is 2.45. The predicted molar refractivity (Wildman–Crippen MR) is 60.3 cm³/mol. The van der Waals surface area contributed by atoms with Gasteiger partial charge in [-0.15, -0.1) is 11.3 Å². The number of hydrogen-bond acceptors (Lipinski definition) is 3. The molecule has 0 amide bonds. The number of fused-ring (bicyclic) bond motifs is 1. The number of hydrogen-bond donors (Lipinski definition) is 1. The Balaban J connectivity index is 2.59. The van der Waals surface area contributed by atoms with E-state index in [0.29, 0.717) is 12.1 Å². The molecule has 1 atom stereocenters. The molecule has 0 bridgehead atoms. The minimum atomic E-state index is -0.802. The van der Waals surface area contributed by atoms with Gasteiger partial charge in [0, 0.05) is 16.3 Å². The van der Waals surface area contributed by atoms with E-state index in [-0.39, 0.29) is 0 Å². The van der Waals surface area contributed by atoms with Gasteiger partial charge >= 0.3 is 5.97 Å².